The third-order valence-electron chi connectivity index (χ3n) is 4.58. The molecule has 0 saturated carbocycles. The van der Waals surface area contributed by atoms with Crippen molar-refractivity contribution in [3.8, 4) is 0 Å². The highest BCUT2D eigenvalue weighted by molar-refractivity contribution is 5.73. The molecule has 1 N–H and O–H groups in total. The molecule has 180 valence electrons. The molecule has 0 unspecified atom stereocenters. The molecule has 9 nitrogen and oxygen atoms in total. The molecule has 0 bridgehead atoms. The lowest BCUT2D eigenvalue weighted by molar-refractivity contribution is -0.130. The average Bonchev–Trinajstić information content (AvgIpc) is 3.38. The zero-order valence-electron chi connectivity index (χ0n) is 18.7. The molecule has 4 heterocycles. The van der Waals surface area contributed by atoms with Gasteiger partial charge in [-0.2, -0.15) is 0 Å². The Hall–Kier alpha value is -2.23. The van der Waals surface area contributed by atoms with Crippen LogP contribution in [-0.4, -0.2) is 106 Å². The van der Waals surface area contributed by atoms with E-state index in [-0.39, 0.29) is 20.8 Å². The molecule has 0 aromatic carbocycles. The number of rotatable bonds is 0. The second kappa shape index (κ2) is 18.5. The van der Waals surface area contributed by atoms with Crippen molar-refractivity contribution in [2.75, 3.05) is 66.5 Å². The molecule has 2 fully saturated rings. The number of likely N-dealkylation sites (N-methyl/N-ethyl adjacent to an activating group) is 2. The number of piperazine rings is 2. The summed E-state index contributed by atoms with van der Waals surface area (Å²) >= 11 is 0. The van der Waals surface area contributed by atoms with Crippen LogP contribution in [0.15, 0.2) is 37.2 Å². The number of hydrogen-bond donors (Lipinski definition) is 1. The van der Waals surface area contributed by atoms with E-state index in [4.69, 9.17) is 0 Å². The van der Waals surface area contributed by atoms with Crippen LogP contribution >= 0.6 is 0 Å². The predicted octanol–water partition coefficient (Wildman–Crippen LogP) is 1.41. The standard InChI is InChI=1S/C7H14N2O.C5H12N2.C5H7N.C3H5N3.2CH4/c1-7(10)9-5-3-8(2)4-6-9;1-7-4-2-6-3-5-7;1-6-4-2-3-5-6;1-6-2-4-5-3-6;;/h3-6H2,1-2H3;6H,2-5H2,1H3;2-5H,1H3;2-3H,1H3;2*1H4. The van der Waals surface area contributed by atoms with Crippen LogP contribution in [0, 0.1) is 0 Å². The number of aromatic nitrogens is 4. The Balaban J connectivity index is 0. The molecule has 2 aromatic heterocycles. The van der Waals surface area contributed by atoms with E-state index in [0.29, 0.717) is 0 Å². The van der Waals surface area contributed by atoms with Gasteiger partial charge in [0.2, 0.25) is 5.91 Å². The molecular weight excluding hydrogens is 392 g/mol. The van der Waals surface area contributed by atoms with E-state index < -0.39 is 0 Å². The van der Waals surface area contributed by atoms with Gasteiger partial charge in [0.1, 0.15) is 12.7 Å². The summed E-state index contributed by atoms with van der Waals surface area (Å²) < 4.78 is 3.78. The molecule has 0 atom stereocenters. The van der Waals surface area contributed by atoms with Crippen LogP contribution in [0.1, 0.15) is 21.8 Å². The molecule has 2 aliphatic rings. The summed E-state index contributed by atoms with van der Waals surface area (Å²) in [5.74, 6) is 0.202. The second-order valence-corrected chi connectivity index (χ2v) is 7.34. The lowest BCUT2D eigenvalue weighted by Crippen LogP contribution is -2.46. The van der Waals surface area contributed by atoms with Crippen molar-refractivity contribution < 1.29 is 4.79 Å². The van der Waals surface area contributed by atoms with Crippen molar-refractivity contribution in [3.63, 3.8) is 0 Å². The van der Waals surface area contributed by atoms with Crippen molar-refractivity contribution in [2.45, 2.75) is 21.8 Å². The van der Waals surface area contributed by atoms with Gasteiger partial charge >= 0.3 is 0 Å². The first-order chi connectivity index (χ1) is 13.9. The van der Waals surface area contributed by atoms with Gasteiger partial charge in [0, 0.05) is 85.8 Å². The van der Waals surface area contributed by atoms with E-state index in [1.165, 1.54) is 13.1 Å². The Kier molecular flexibility index (Phi) is 18.5. The number of amides is 1. The third kappa shape index (κ3) is 16.2. The molecule has 2 aliphatic heterocycles. The summed E-state index contributed by atoms with van der Waals surface area (Å²) in [5, 5.41) is 10.3. The largest absolute Gasteiger partial charge is 0.357 e. The first kappa shape index (κ1) is 31.0. The van der Waals surface area contributed by atoms with Crippen molar-refractivity contribution >= 4 is 5.91 Å². The number of carbonyl (C=O) groups excluding carboxylic acids is 1. The lowest BCUT2D eigenvalue weighted by atomic mass is 10.3. The maximum atomic E-state index is 10.8. The number of carbonyl (C=O) groups is 1. The van der Waals surface area contributed by atoms with E-state index >= 15 is 0 Å². The average molecular weight is 439 g/mol. The highest BCUT2D eigenvalue weighted by Crippen LogP contribution is 1.98. The van der Waals surface area contributed by atoms with E-state index in [1.807, 2.05) is 48.1 Å². The van der Waals surface area contributed by atoms with Gasteiger partial charge in [-0.3, -0.25) is 4.79 Å². The van der Waals surface area contributed by atoms with Gasteiger partial charge in [0.05, 0.1) is 0 Å². The van der Waals surface area contributed by atoms with Gasteiger partial charge in [0.25, 0.3) is 0 Å². The summed E-state index contributed by atoms with van der Waals surface area (Å²) in [6.45, 7) is 10.2. The van der Waals surface area contributed by atoms with Gasteiger partial charge in [-0.1, -0.05) is 14.9 Å². The van der Waals surface area contributed by atoms with Crippen molar-refractivity contribution in [3.05, 3.63) is 37.2 Å². The predicted molar refractivity (Wildman–Crippen MR) is 130 cm³/mol. The molecule has 9 heteroatoms. The second-order valence-electron chi connectivity index (χ2n) is 7.34. The Morgan fingerprint density at radius 2 is 1.19 bits per heavy atom. The zero-order valence-corrected chi connectivity index (χ0v) is 18.7. The molecule has 31 heavy (non-hydrogen) atoms. The van der Waals surface area contributed by atoms with Crippen LogP contribution in [0.4, 0.5) is 0 Å². The van der Waals surface area contributed by atoms with Crippen LogP contribution in [0.3, 0.4) is 0 Å². The molecule has 0 aliphatic carbocycles. The number of aryl methyl sites for hydroxylation is 2. The molecular formula is C22H46N8O. The van der Waals surface area contributed by atoms with Gasteiger partial charge in [0.15, 0.2) is 0 Å². The minimum absolute atomic E-state index is 0. The highest BCUT2D eigenvalue weighted by atomic mass is 16.2. The van der Waals surface area contributed by atoms with Crippen LogP contribution in [0.2, 0.25) is 0 Å². The van der Waals surface area contributed by atoms with E-state index in [2.05, 4.69) is 39.4 Å². The van der Waals surface area contributed by atoms with Gasteiger partial charge in [-0.05, 0) is 26.2 Å². The quantitative estimate of drug-likeness (QED) is 0.670. The fraction of sp³-hybridized carbons (Fsp3) is 0.682. The van der Waals surface area contributed by atoms with E-state index in [9.17, 15) is 4.79 Å². The van der Waals surface area contributed by atoms with E-state index in [1.54, 1.807) is 24.1 Å². The van der Waals surface area contributed by atoms with Crippen molar-refractivity contribution in [1.29, 1.82) is 0 Å². The maximum absolute atomic E-state index is 10.8. The minimum atomic E-state index is 0. The number of nitrogens with zero attached hydrogens (tertiary/aromatic N) is 7. The summed E-state index contributed by atoms with van der Waals surface area (Å²) in [5.41, 5.74) is 0. The molecule has 2 aromatic rings. The van der Waals surface area contributed by atoms with Gasteiger partial charge in [-0.15, -0.1) is 10.2 Å². The topological polar surface area (TPSA) is 74.5 Å². The molecule has 4 rings (SSSR count). The number of hydrogen-bond acceptors (Lipinski definition) is 6. The summed E-state index contributed by atoms with van der Waals surface area (Å²) in [6.07, 6.45) is 7.28. The van der Waals surface area contributed by atoms with E-state index in [0.717, 1.165) is 39.3 Å². The SMILES string of the molecule is C.C.CC(=O)N1CCN(C)CC1.CN1CCNCC1.Cn1cccc1.Cn1cnnc1. The molecule has 0 radical (unpaired) electrons. The molecule has 2 saturated heterocycles. The Labute approximate surface area is 190 Å². The Morgan fingerprint density at radius 1 is 0.742 bits per heavy atom. The first-order valence-electron chi connectivity index (χ1n) is 10.1. The summed E-state index contributed by atoms with van der Waals surface area (Å²) in [7, 11) is 8.11. The zero-order chi connectivity index (χ0) is 21.5. The van der Waals surface area contributed by atoms with Crippen LogP contribution < -0.4 is 5.32 Å². The fourth-order valence-electron chi connectivity index (χ4n) is 2.57. The van der Waals surface area contributed by atoms with Crippen LogP contribution in [0.5, 0.6) is 0 Å². The van der Waals surface area contributed by atoms with Crippen LogP contribution in [0.25, 0.3) is 0 Å². The Morgan fingerprint density at radius 3 is 1.45 bits per heavy atom. The van der Waals surface area contributed by atoms with Gasteiger partial charge in [-0.25, -0.2) is 0 Å². The minimum Gasteiger partial charge on any atom is -0.357 e. The monoisotopic (exact) mass is 438 g/mol. The summed E-state index contributed by atoms with van der Waals surface area (Å²) in [6, 6.07) is 4.00. The smallest absolute Gasteiger partial charge is 0.219 e. The number of nitrogens with one attached hydrogen (secondary N) is 1. The van der Waals surface area contributed by atoms with Gasteiger partial charge < -0.3 is 29.2 Å². The fourth-order valence-corrected chi connectivity index (χ4v) is 2.57. The van der Waals surface area contributed by atoms with Crippen LogP contribution in [-0.2, 0) is 18.9 Å². The van der Waals surface area contributed by atoms with Crippen molar-refractivity contribution in [1.82, 2.24) is 39.3 Å². The first-order valence-corrected chi connectivity index (χ1v) is 10.1. The lowest BCUT2D eigenvalue weighted by Gasteiger charge is -2.31. The highest BCUT2D eigenvalue weighted by Gasteiger charge is 2.14. The third-order valence-corrected chi connectivity index (χ3v) is 4.58. The molecule has 1 amide bonds. The maximum Gasteiger partial charge on any atom is 0.219 e. The Bertz CT molecular complexity index is 584. The normalized spacial score (nSPS) is 16.0. The molecule has 0 spiro atoms. The summed E-state index contributed by atoms with van der Waals surface area (Å²) in [4.78, 5) is 17.3. The van der Waals surface area contributed by atoms with Crippen molar-refractivity contribution in [2.24, 2.45) is 14.1 Å².